The molecule has 0 amide bonds. The first-order chi connectivity index (χ1) is 15.0. The van der Waals surface area contributed by atoms with Crippen LogP contribution in [0.25, 0.3) is 0 Å². The number of esters is 2. The van der Waals surface area contributed by atoms with Crippen molar-refractivity contribution in [3.05, 3.63) is 71.8 Å². The zero-order valence-corrected chi connectivity index (χ0v) is 18.5. The molecule has 3 rings (SSSR count). The summed E-state index contributed by atoms with van der Waals surface area (Å²) in [5, 5.41) is 3.44. The molecule has 1 aliphatic heterocycles. The first-order valence-electron chi connectivity index (χ1n) is 10.7. The Morgan fingerprint density at radius 2 is 1.65 bits per heavy atom. The van der Waals surface area contributed by atoms with E-state index < -0.39 is 5.92 Å². The molecule has 0 spiro atoms. The smallest absolute Gasteiger partial charge is 0.310 e. The molecule has 1 fully saturated rings. The summed E-state index contributed by atoms with van der Waals surface area (Å²) >= 11 is 0. The molecule has 4 atom stereocenters. The topological polar surface area (TPSA) is 67.9 Å². The molecule has 31 heavy (non-hydrogen) atoms. The first kappa shape index (κ1) is 23.0. The van der Waals surface area contributed by atoms with E-state index >= 15 is 0 Å². The number of nitrogens with one attached hydrogen (secondary N) is 1. The second kappa shape index (κ2) is 11.1. The van der Waals surface area contributed by atoms with Crippen LogP contribution in [0.4, 0.5) is 0 Å². The molecule has 1 saturated heterocycles. The molecule has 2 aromatic rings. The highest BCUT2D eigenvalue weighted by atomic mass is 16.5. The lowest BCUT2D eigenvalue weighted by atomic mass is 9.79. The molecule has 166 valence electrons. The fourth-order valence-electron chi connectivity index (χ4n) is 4.55. The molecule has 6 nitrogen and oxygen atoms in total. The monoisotopic (exact) mass is 424 g/mol. The van der Waals surface area contributed by atoms with E-state index in [1.54, 1.807) is 0 Å². The molecule has 0 unspecified atom stereocenters. The lowest BCUT2D eigenvalue weighted by Crippen LogP contribution is -2.58. The molecule has 0 aromatic heterocycles. The molecule has 2 aromatic carbocycles. The largest absolute Gasteiger partial charge is 0.469 e. The van der Waals surface area contributed by atoms with Gasteiger partial charge in [0.25, 0.3) is 0 Å². The second-order valence-corrected chi connectivity index (χ2v) is 8.06. The van der Waals surface area contributed by atoms with E-state index in [0.717, 1.165) is 0 Å². The number of piperidine rings is 1. The van der Waals surface area contributed by atoms with Gasteiger partial charge in [0.15, 0.2) is 0 Å². The molecule has 0 aliphatic carbocycles. The van der Waals surface area contributed by atoms with Crippen LogP contribution in [0, 0.1) is 11.8 Å². The van der Waals surface area contributed by atoms with Crippen LogP contribution < -0.4 is 5.32 Å². The zero-order valence-electron chi connectivity index (χ0n) is 18.5. The number of carbonyl (C=O) groups excluding carboxylic acids is 2. The van der Waals surface area contributed by atoms with Gasteiger partial charge in [-0.15, -0.1) is 0 Å². The van der Waals surface area contributed by atoms with Crippen LogP contribution in [-0.2, 0) is 25.6 Å². The van der Waals surface area contributed by atoms with Crippen LogP contribution in [0.5, 0.6) is 0 Å². The molecule has 0 saturated carbocycles. The van der Waals surface area contributed by atoms with Gasteiger partial charge in [-0.2, -0.15) is 0 Å². The minimum atomic E-state index is -0.430. The number of methoxy groups -OCH3 is 2. The average molecular weight is 425 g/mol. The van der Waals surface area contributed by atoms with Crippen LogP contribution in [0.2, 0.25) is 0 Å². The highest BCUT2D eigenvalue weighted by Gasteiger charge is 2.44. The number of hydrogen-bond acceptors (Lipinski definition) is 6. The fourth-order valence-corrected chi connectivity index (χ4v) is 4.55. The van der Waals surface area contributed by atoms with Crippen molar-refractivity contribution >= 4 is 11.9 Å². The van der Waals surface area contributed by atoms with Gasteiger partial charge in [0.2, 0.25) is 0 Å². The van der Waals surface area contributed by atoms with Crippen molar-refractivity contribution in [1.82, 2.24) is 10.2 Å². The van der Waals surface area contributed by atoms with Crippen molar-refractivity contribution in [3.63, 3.8) is 0 Å². The van der Waals surface area contributed by atoms with Gasteiger partial charge in [0.05, 0.1) is 26.6 Å². The van der Waals surface area contributed by atoms with Crippen molar-refractivity contribution in [2.24, 2.45) is 11.8 Å². The molecular weight excluding hydrogens is 392 g/mol. The summed E-state index contributed by atoms with van der Waals surface area (Å²) in [7, 11) is 2.79. The van der Waals surface area contributed by atoms with Crippen LogP contribution in [0.15, 0.2) is 60.7 Å². The molecule has 0 radical (unpaired) electrons. The Balaban J connectivity index is 1.97. The van der Waals surface area contributed by atoms with Gasteiger partial charge >= 0.3 is 11.9 Å². The Labute approximate surface area is 184 Å². The van der Waals surface area contributed by atoms with Crippen molar-refractivity contribution in [1.29, 1.82) is 0 Å². The van der Waals surface area contributed by atoms with E-state index in [1.165, 1.54) is 25.3 Å². The van der Waals surface area contributed by atoms with Gasteiger partial charge in [-0.05, 0) is 30.5 Å². The Morgan fingerprint density at radius 1 is 1.00 bits per heavy atom. The van der Waals surface area contributed by atoms with E-state index in [9.17, 15) is 9.59 Å². The number of rotatable bonds is 8. The maximum Gasteiger partial charge on any atom is 0.310 e. The standard InChI is InChI=1S/C25H32N2O4/c1-18(20-12-8-5-9-13-20)27(17-19-10-6-4-7-11-19)22-16-26-15-21(14-23(28)30-2)24(22)25(29)31-3/h4-13,18,21-22,24,26H,14-17H2,1-3H3/t18-,21+,22-,24-/m0/s1. The predicted octanol–water partition coefficient (Wildman–Crippen LogP) is 3.19. The summed E-state index contributed by atoms with van der Waals surface area (Å²) in [5.74, 6) is -1.22. The van der Waals surface area contributed by atoms with E-state index in [-0.39, 0.29) is 36.4 Å². The van der Waals surface area contributed by atoms with E-state index in [4.69, 9.17) is 9.47 Å². The Morgan fingerprint density at radius 3 is 2.26 bits per heavy atom. The summed E-state index contributed by atoms with van der Waals surface area (Å²) < 4.78 is 10.1. The molecule has 0 bridgehead atoms. The van der Waals surface area contributed by atoms with Gasteiger partial charge in [0, 0.05) is 25.2 Å². The van der Waals surface area contributed by atoms with Gasteiger partial charge in [-0.3, -0.25) is 14.5 Å². The second-order valence-electron chi connectivity index (χ2n) is 8.06. The summed E-state index contributed by atoms with van der Waals surface area (Å²) in [6.07, 6.45) is 0.179. The van der Waals surface area contributed by atoms with E-state index in [1.807, 2.05) is 36.4 Å². The average Bonchev–Trinajstić information content (AvgIpc) is 2.82. The summed E-state index contributed by atoms with van der Waals surface area (Å²) in [4.78, 5) is 27.3. The maximum atomic E-state index is 12.9. The summed E-state index contributed by atoms with van der Waals surface area (Å²) in [6, 6.07) is 20.5. The van der Waals surface area contributed by atoms with Crippen molar-refractivity contribution in [2.75, 3.05) is 27.3 Å². The molecule has 6 heteroatoms. The van der Waals surface area contributed by atoms with E-state index in [2.05, 4.69) is 41.4 Å². The van der Waals surface area contributed by atoms with Gasteiger partial charge in [0.1, 0.15) is 0 Å². The number of ether oxygens (including phenoxy) is 2. The minimum Gasteiger partial charge on any atom is -0.469 e. The Bertz CT molecular complexity index is 843. The van der Waals surface area contributed by atoms with Crippen molar-refractivity contribution in [2.45, 2.75) is 32.0 Å². The van der Waals surface area contributed by atoms with Crippen molar-refractivity contribution in [3.8, 4) is 0 Å². The lowest BCUT2D eigenvalue weighted by Gasteiger charge is -2.45. The highest BCUT2D eigenvalue weighted by molar-refractivity contribution is 5.76. The minimum absolute atomic E-state index is 0.0669. The third-order valence-corrected chi connectivity index (χ3v) is 6.23. The third kappa shape index (κ3) is 5.71. The van der Waals surface area contributed by atoms with Gasteiger partial charge in [-0.1, -0.05) is 60.7 Å². The SMILES string of the molecule is COC(=O)C[C@@H]1CNC[C@H](N(Cc2ccccc2)[C@@H](C)c2ccccc2)[C@H]1C(=O)OC. The first-order valence-corrected chi connectivity index (χ1v) is 10.7. The number of hydrogen-bond donors (Lipinski definition) is 1. The summed E-state index contributed by atoms with van der Waals surface area (Å²) in [6.45, 7) is 4.06. The van der Waals surface area contributed by atoms with Crippen LogP contribution >= 0.6 is 0 Å². The Hall–Kier alpha value is -2.70. The fraction of sp³-hybridized carbons (Fsp3) is 0.440. The molecule has 1 aliphatic rings. The Kier molecular flexibility index (Phi) is 8.20. The molecular formula is C25H32N2O4. The molecule has 1 N–H and O–H groups in total. The van der Waals surface area contributed by atoms with Crippen LogP contribution in [0.1, 0.15) is 30.5 Å². The summed E-state index contributed by atoms with van der Waals surface area (Å²) in [5.41, 5.74) is 2.35. The van der Waals surface area contributed by atoms with Crippen LogP contribution in [0.3, 0.4) is 0 Å². The predicted molar refractivity (Wildman–Crippen MR) is 119 cm³/mol. The highest BCUT2D eigenvalue weighted by Crippen LogP contribution is 2.34. The number of nitrogens with zero attached hydrogens (tertiary/aromatic N) is 1. The lowest BCUT2D eigenvalue weighted by molar-refractivity contribution is -0.154. The van der Waals surface area contributed by atoms with Gasteiger partial charge < -0.3 is 14.8 Å². The number of benzene rings is 2. The van der Waals surface area contributed by atoms with Gasteiger partial charge in [-0.25, -0.2) is 0 Å². The molecule has 1 heterocycles. The normalized spacial score (nSPS) is 22.0. The maximum absolute atomic E-state index is 12.9. The third-order valence-electron chi connectivity index (χ3n) is 6.23. The van der Waals surface area contributed by atoms with E-state index in [0.29, 0.717) is 19.6 Å². The van der Waals surface area contributed by atoms with Crippen molar-refractivity contribution < 1.29 is 19.1 Å². The zero-order chi connectivity index (χ0) is 22.2. The van der Waals surface area contributed by atoms with Crippen LogP contribution in [-0.4, -0.2) is 50.2 Å². The number of carbonyl (C=O) groups is 2. The quantitative estimate of drug-likeness (QED) is 0.657.